The van der Waals surface area contributed by atoms with Crippen LogP contribution in [0.4, 0.5) is 0 Å². The van der Waals surface area contributed by atoms with E-state index in [1.54, 1.807) is 0 Å². The van der Waals surface area contributed by atoms with Crippen molar-refractivity contribution in [3.05, 3.63) is 48.0 Å². The summed E-state index contributed by atoms with van der Waals surface area (Å²) in [6.07, 6.45) is 6.89. The van der Waals surface area contributed by atoms with Gasteiger partial charge in [0, 0.05) is 31.2 Å². The molecule has 0 amide bonds. The van der Waals surface area contributed by atoms with Crippen LogP contribution in [0.2, 0.25) is 0 Å². The van der Waals surface area contributed by atoms with Gasteiger partial charge < -0.3 is 5.32 Å². The second-order valence-electron chi connectivity index (χ2n) is 4.75. The van der Waals surface area contributed by atoms with Gasteiger partial charge >= 0.3 is 0 Å². The van der Waals surface area contributed by atoms with Gasteiger partial charge in [0.15, 0.2) is 0 Å². The number of hydrogen-bond donors (Lipinski definition) is 1. The van der Waals surface area contributed by atoms with Gasteiger partial charge in [-0.1, -0.05) is 13.0 Å². The lowest BCUT2D eigenvalue weighted by atomic mass is 10.1. The Morgan fingerprint density at radius 1 is 1.26 bits per heavy atom. The molecule has 1 atom stereocenters. The van der Waals surface area contributed by atoms with E-state index in [4.69, 9.17) is 0 Å². The van der Waals surface area contributed by atoms with Crippen molar-refractivity contribution in [1.29, 1.82) is 0 Å². The Kier molecular flexibility index (Phi) is 5.10. The first-order chi connectivity index (χ1) is 9.31. The molecule has 0 aromatic carbocycles. The molecule has 0 saturated carbocycles. The largest absolute Gasteiger partial charge is 0.309 e. The summed E-state index contributed by atoms with van der Waals surface area (Å²) >= 11 is 0. The summed E-state index contributed by atoms with van der Waals surface area (Å²) in [6, 6.07) is 8.50. The van der Waals surface area contributed by atoms with Gasteiger partial charge in [0.25, 0.3) is 0 Å². The molecule has 4 nitrogen and oxygen atoms in total. The Balaban J connectivity index is 2.00. The van der Waals surface area contributed by atoms with Gasteiger partial charge in [-0.15, -0.1) is 0 Å². The quantitative estimate of drug-likeness (QED) is 0.829. The molecule has 1 unspecified atom stereocenters. The van der Waals surface area contributed by atoms with Crippen LogP contribution in [0, 0.1) is 0 Å². The maximum Gasteiger partial charge on any atom is 0.0573 e. The molecule has 4 heteroatoms. The predicted molar refractivity (Wildman–Crippen MR) is 76.8 cm³/mol. The molecule has 0 saturated heterocycles. The van der Waals surface area contributed by atoms with Gasteiger partial charge in [-0.2, -0.15) is 5.10 Å². The summed E-state index contributed by atoms with van der Waals surface area (Å²) in [7, 11) is 1.99. The molecule has 2 heterocycles. The van der Waals surface area contributed by atoms with E-state index in [0.717, 1.165) is 31.5 Å². The highest BCUT2D eigenvalue weighted by Gasteiger charge is 2.12. The second-order valence-corrected chi connectivity index (χ2v) is 4.75. The van der Waals surface area contributed by atoms with Crippen LogP contribution in [0.15, 0.2) is 36.7 Å². The molecule has 0 radical (unpaired) electrons. The van der Waals surface area contributed by atoms with E-state index in [2.05, 4.69) is 34.5 Å². The van der Waals surface area contributed by atoms with Crippen molar-refractivity contribution < 1.29 is 0 Å². The number of hydrogen-bond acceptors (Lipinski definition) is 3. The van der Waals surface area contributed by atoms with Gasteiger partial charge in [-0.05, 0) is 44.0 Å². The zero-order chi connectivity index (χ0) is 13.5. The molecule has 102 valence electrons. The van der Waals surface area contributed by atoms with Gasteiger partial charge in [-0.25, -0.2) is 0 Å². The van der Waals surface area contributed by atoms with E-state index in [0.29, 0.717) is 6.04 Å². The Labute approximate surface area is 114 Å². The second kappa shape index (κ2) is 7.04. The normalized spacial score (nSPS) is 12.5. The van der Waals surface area contributed by atoms with Crippen molar-refractivity contribution in [3.8, 4) is 0 Å². The van der Waals surface area contributed by atoms with Gasteiger partial charge in [0.05, 0.1) is 5.69 Å². The van der Waals surface area contributed by atoms with E-state index in [9.17, 15) is 0 Å². The number of rotatable bonds is 7. The number of aromatic nitrogens is 3. The van der Waals surface area contributed by atoms with E-state index >= 15 is 0 Å². The molecule has 0 spiro atoms. The van der Waals surface area contributed by atoms with Crippen LogP contribution in [0.1, 0.15) is 37.2 Å². The fourth-order valence-electron chi connectivity index (χ4n) is 2.19. The number of nitrogens with one attached hydrogen (secondary N) is 1. The minimum Gasteiger partial charge on any atom is -0.309 e. The highest BCUT2D eigenvalue weighted by molar-refractivity contribution is 5.10. The maximum absolute atomic E-state index is 4.47. The fourth-order valence-corrected chi connectivity index (χ4v) is 2.19. The average Bonchev–Trinajstić information content (AvgIpc) is 2.85. The molecule has 1 N–H and O–H groups in total. The van der Waals surface area contributed by atoms with Crippen LogP contribution in [-0.2, 0) is 13.5 Å². The Hall–Kier alpha value is -1.68. The monoisotopic (exact) mass is 258 g/mol. The first kappa shape index (κ1) is 13.7. The average molecular weight is 258 g/mol. The lowest BCUT2D eigenvalue weighted by Crippen LogP contribution is -2.23. The SMILES string of the molecule is CCCNC(CCc1ccnn1C)c1ccccn1. The first-order valence-corrected chi connectivity index (χ1v) is 6.92. The number of aryl methyl sites for hydroxylation is 2. The third kappa shape index (κ3) is 3.89. The van der Waals surface area contributed by atoms with Crippen molar-refractivity contribution in [1.82, 2.24) is 20.1 Å². The standard InChI is InChI=1S/C15H22N4/c1-3-10-16-15(14-6-4-5-11-17-14)8-7-13-9-12-18-19(13)2/h4-6,9,11-12,15-16H,3,7-8,10H2,1-2H3. The van der Waals surface area contributed by atoms with E-state index in [1.165, 1.54) is 5.69 Å². The maximum atomic E-state index is 4.47. The third-order valence-corrected chi connectivity index (χ3v) is 3.30. The first-order valence-electron chi connectivity index (χ1n) is 6.92. The van der Waals surface area contributed by atoms with E-state index < -0.39 is 0 Å². The Bertz CT molecular complexity index is 478. The molecular formula is C15H22N4. The molecule has 0 aliphatic carbocycles. The topological polar surface area (TPSA) is 42.7 Å². The molecule has 19 heavy (non-hydrogen) atoms. The number of pyridine rings is 1. The van der Waals surface area contributed by atoms with Crippen LogP contribution in [-0.4, -0.2) is 21.3 Å². The minimum atomic E-state index is 0.316. The number of nitrogens with zero attached hydrogens (tertiary/aromatic N) is 3. The summed E-state index contributed by atoms with van der Waals surface area (Å²) in [5.74, 6) is 0. The minimum absolute atomic E-state index is 0.316. The molecule has 2 aromatic heterocycles. The van der Waals surface area contributed by atoms with Crippen molar-refractivity contribution in [2.45, 2.75) is 32.2 Å². The summed E-state index contributed by atoms with van der Waals surface area (Å²) in [5.41, 5.74) is 2.39. The third-order valence-electron chi connectivity index (χ3n) is 3.30. The van der Waals surface area contributed by atoms with Gasteiger partial charge in [0.2, 0.25) is 0 Å². The lowest BCUT2D eigenvalue weighted by Gasteiger charge is -2.18. The molecule has 0 aliphatic rings. The Morgan fingerprint density at radius 3 is 2.79 bits per heavy atom. The van der Waals surface area contributed by atoms with Crippen molar-refractivity contribution >= 4 is 0 Å². The molecular weight excluding hydrogens is 236 g/mol. The summed E-state index contributed by atoms with van der Waals surface area (Å²) < 4.78 is 1.94. The van der Waals surface area contributed by atoms with Gasteiger partial charge in [-0.3, -0.25) is 9.67 Å². The van der Waals surface area contributed by atoms with Crippen LogP contribution >= 0.6 is 0 Å². The fraction of sp³-hybridized carbons (Fsp3) is 0.467. The van der Waals surface area contributed by atoms with Crippen LogP contribution in [0.5, 0.6) is 0 Å². The highest BCUT2D eigenvalue weighted by atomic mass is 15.2. The van der Waals surface area contributed by atoms with E-state index in [1.807, 2.05) is 36.3 Å². The van der Waals surface area contributed by atoms with Crippen molar-refractivity contribution in [2.75, 3.05) is 6.54 Å². The zero-order valence-electron chi connectivity index (χ0n) is 11.7. The molecule has 0 aliphatic heterocycles. The van der Waals surface area contributed by atoms with Crippen LogP contribution in [0.3, 0.4) is 0 Å². The highest BCUT2D eigenvalue weighted by Crippen LogP contribution is 2.17. The molecule has 0 fully saturated rings. The van der Waals surface area contributed by atoms with Crippen LogP contribution in [0.25, 0.3) is 0 Å². The lowest BCUT2D eigenvalue weighted by molar-refractivity contribution is 0.482. The smallest absolute Gasteiger partial charge is 0.0573 e. The summed E-state index contributed by atoms with van der Waals surface area (Å²) in [4.78, 5) is 4.47. The van der Waals surface area contributed by atoms with Crippen LogP contribution < -0.4 is 5.32 Å². The molecule has 2 aromatic rings. The Morgan fingerprint density at radius 2 is 2.16 bits per heavy atom. The zero-order valence-corrected chi connectivity index (χ0v) is 11.7. The van der Waals surface area contributed by atoms with E-state index in [-0.39, 0.29) is 0 Å². The molecule has 2 rings (SSSR count). The van der Waals surface area contributed by atoms with Crippen molar-refractivity contribution in [2.24, 2.45) is 7.05 Å². The summed E-state index contributed by atoms with van der Waals surface area (Å²) in [5, 5.41) is 7.79. The van der Waals surface area contributed by atoms with Crippen molar-refractivity contribution in [3.63, 3.8) is 0 Å². The predicted octanol–water partition coefficient (Wildman–Crippen LogP) is 2.49. The van der Waals surface area contributed by atoms with Gasteiger partial charge in [0.1, 0.15) is 0 Å². The molecule has 0 bridgehead atoms. The summed E-state index contributed by atoms with van der Waals surface area (Å²) in [6.45, 7) is 3.20.